The third-order valence-corrected chi connectivity index (χ3v) is 5.36. The lowest BCUT2D eigenvalue weighted by molar-refractivity contribution is -0.111. The first-order chi connectivity index (χ1) is 16.3. The molecule has 0 aliphatic rings. The first-order valence-electron chi connectivity index (χ1n) is 9.86. The van der Waals surface area contributed by atoms with Crippen molar-refractivity contribution >= 4 is 30.5 Å². The maximum Gasteiger partial charge on any atom is 0.471 e. The molecule has 0 aliphatic carbocycles. The highest BCUT2D eigenvalue weighted by atomic mass is 31.2. The molecular weight excluding hydrogens is 457 g/mol. The fourth-order valence-electron chi connectivity index (χ4n) is 3.41. The molecule has 4 rings (SSSR count). The number of nitrogens with zero attached hydrogens (tertiary/aromatic N) is 4. The number of hydrogen-bond acceptors (Lipinski definition) is 6. The van der Waals surface area contributed by atoms with Gasteiger partial charge in [0, 0.05) is 40.7 Å². The highest BCUT2D eigenvalue weighted by Crippen LogP contribution is 2.38. The lowest BCUT2D eigenvalue weighted by Crippen LogP contribution is -2.07. The second kappa shape index (κ2) is 9.39. The molecule has 0 bridgehead atoms. The summed E-state index contributed by atoms with van der Waals surface area (Å²) in [6.07, 6.45) is 7.53. The van der Waals surface area contributed by atoms with E-state index >= 15 is 0 Å². The lowest BCUT2D eigenvalue weighted by atomic mass is 10.0. The zero-order valence-corrected chi connectivity index (χ0v) is 18.5. The predicted octanol–water partition coefficient (Wildman–Crippen LogP) is 3.83. The summed E-state index contributed by atoms with van der Waals surface area (Å²) in [6, 6.07) is 12.6. The van der Waals surface area contributed by atoms with Gasteiger partial charge in [-0.15, -0.1) is 0 Å². The Morgan fingerprint density at radius 1 is 1.21 bits per heavy atom. The van der Waals surface area contributed by atoms with Crippen LogP contribution >= 0.6 is 7.82 Å². The third kappa shape index (κ3) is 5.09. The SMILES string of the molecule is C=CC(=O)Nc1cncc(-c2cnc3c(c2)c(-c2cccc(C#N)c2)cn3COP(=O)(O)O)c1. The molecular formula is C23H18N5O5P. The van der Waals surface area contributed by atoms with Gasteiger partial charge in [-0.3, -0.25) is 14.3 Å². The molecule has 0 fully saturated rings. The molecule has 1 aromatic carbocycles. The van der Waals surface area contributed by atoms with Crippen LogP contribution in [-0.2, 0) is 20.6 Å². The highest BCUT2D eigenvalue weighted by Gasteiger charge is 2.18. The summed E-state index contributed by atoms with van der Waals surface area (Å²) in [6.45, 7) is 3.01. The molecule has 34 heavy (non-hydrogen) atoms. The molecule has 170 valence electrons. The fourth-order valence-corrected chi connectivity index (χ4v) is 3.69. The standard InChI is InChI=1S/C23H18N5O5P/c1-2-22(29)27-19-7-17(10-25-12-19)18-8-20-21(16-5-3-4-15(6-16)9-24)13-28(23(20)26-11-18)14-33-34(30,31)32/h2-8,10-13H,1,14H2,(H,27,29)(H2,30,31,32). The van der Waals surface area contributed by atoms with E-state index in [1.54, 1.807) is 42.9 Å². The number of carbonyl (C=O) groups excluding carboxylic acids is 1. The largest absolute Gasteiger partial charge is 0.471 e. The van der Waals surface area contributed by atoms with Crippen molar-refractivity contribution in [2.75, 3.05) is 5.32 Å². The Bertz CT molecular complexity index is 1500. The molecule has 0 aliphatic heterocycles. The Morgan fingerprint density at radius 2 is 2.00 bits per heavy atom. The van der Waals surface area contributed by atoms with E-state index in [1.807, 2.05) is 12.1 Å². The molecule has 4 aromatic rings. The number of phosphoric ester groups is 1. The van der Waals surface area contributed by atoms with Gasteiger partial charge in [0.15, 0.2) is 0 Å². The zero-order valence-electron chi connectivity index (χ0n) is 17.6. The monoisotopic (exact) mass is 475 g/mol. The lowest BCUT2D eigenvalue weighted by Gasteiger charge is -2.08. The highest BCUT2D eigenvalue weighted by molar-refractivity contribution is 7.46. The topological polar surface area (TPSA) is 150 Å². The van der Waals surface area contributed by atoms with Crippen LogP contribution in [0.1, 0.15) is 5.56 Å². The molecule has 11 heteroatoms. The van der Waals surface area contributed by atoms with E-state index in [1.165, 1.54) is 10.8 Å². The van der Waals surface area contributed by atoms with Gasteiger partial charge in [-0.1, -0.05) is 18.7 Å². The Balaban J connectivity index is 1.84. The van der Waals surface area contributed by atoms with Crippen molar-refractivity contribution in [2.45, 2.75) is 6.73 Å². The van der Waals surface area contributed by atoms with E-state index in [2.05, 4.69) is 32.5 Å². The number of pyridine rings is 2. The van der Waals surface area contributed by atoms with Gasteiger partial charge in [0.05, 0.1) is 23.5 Å². The van der Waals surface area contributed by atoms with E-state index in [-0.39, 0.29) is 5.91 Å². The molecule has 0 radical (unpaired) electrons. The van der Waals surface area contributed by atoms with E-state index in [0.717, 1.165) is 11.6 Å². The minimum Gasteiger partial charge on any atom is -0.321 e. The second-order valence-corrected chi connectivity index (χ2v) is 8.44. The number of rotatable bonds is 7. The van der Waals surface area contributed by atoms with Gasteiger partial charge in [-0.05, 0) is 35.9 Å². The van der Waals surface area contributed by atoms with Gasteiger partial charge >= 0.3 is 7.82 Å². The van der Waals surface area contributed by atoms with Crippen LogP contribution in [-0.4, -0.2) is 30.2 Å². The van der Waals surface area contributed by atoms with Crippen LogP contribution in [0, 0.1) is 11.3 Å². The van der Waals surface area contributed by atoms with Crippen LogP contribution in [0.3, 0.4) is 0 Å². The van der Waals surface area contributed by atoms with Crippen molar-refractivity contribution in [3.05, 3.63) is 79.4 Å². The van der Waals surface area contributed by atoms with Crippen LogP contribution in [0.5, 0.6) is 0 Å². The van der Waals surface area contributed by atoms with Crippen LogP contribution < -0.4 is 5.32 Å². The third-order valence-electron chi connectivity index (χ3n) is 4.91. The molecule has 0 unspecified atom stereocenters. The number of fused-ring (bicyclic) bond motifs is 1. The smallest absolute Gasteiger partial charge is 0.321 e. The Hall–Kier alpha value is -4.13. The Morgan fingerprint density at radius 3 is 2.74 bits per heavy atom. The number of phosphoric acid groups is 1. The molecule has 0 saturated heterocycles. The van der Waals surface area contributed by atoms with Gasteiger partial charge in [-0.2, -0.15) is 5.26 Å². The van der Waals surface area contributed by atoms with Crippen LogP contribution in [0.15, 0.2) is 73.8 Å². The molecule has 3 N–H and O–H groups in total. The quantitative estimate of drug-likeness (QED) is 0.270. The van der Waals surface area contributed by atoms with Crippen molar-refractivity contribution in [3.8, 4) is 28.3 Å². The molecule has 3 aromatic heterocycles. The van der Waals surface area contributed by atoms with Crippen LogP contribution in [0.2, 0.25) is 0 Å². The van der Waals surface area contributed by atoms with E-state index < -0.39 is 14.6 Å². The number of nitrogens with one attached hydrogen (secondary N) is 1. The number of hydrogen-bond donors (Lipinski definition) is 3. The maximum absolute atomic E-state index is 11.6. The van der Waals surface area contributed by atoms with Gasteiger partial charge in [0.1, 0.15) is 12.4 Å². The predicted molar refractivity (Wildman–Crippen MR) is 125 cm³/mol. The normalized spacial score (nSPS) is 11.2. The first kappa shape index (κ1) is 23.0. The fraction of sp³-hybridized carbons (Fsp3) is 0.0435. The summed E-state index contributed by atoms with van der Waals surface area (Å²) in [5.41, 5.74) is 4.18. The average molecular weight is 475 g/mol. The molecule has 0 saturated carbocycles. The summed E-state index contributed by atoms with van der Waals surface area (Å²) in [5.74, 6) is -0.366. The summed E-state index contributed by atoms with van der Waals surface area (Å²) in [7, 11) is -4.70. The average Bonchev–Trinajstić information content (AvgIpc) is 3.20. The van der Waals surface area contributed by atoms with Crippen LogP contribution in [0.25, 0.3) is 33.3 Å². The van der Waals surface area contributed by atoms with E-state index in [0.29, 0.717) is 39.0 Å². The number of nitriles is 1. The van der Waals surface area contributed by atoms with Gasteiger partial charge in [-0.25, -0.2) is 9.55 Å². The number of amides is 1. The Kier molecular flexibility index (Phi) is 6.36. The maximum atomic E-state index is 11.6. The summed E-state index contributed by atoms with van der Waals surface area (Å²) >= 11 is 0. The van der Waals surface area contributed by atoms with Crippen molar-refractivity contribution in [3.63, 3.8) is 0 Å². The van der Waals surface area contributed by atoms with E-state index in [4.69, 9.17) is 9.79 Å². The zero-order chi connectivity index (χ0) is 24.3. The number of aromatic nitrogens is 3. The summed E-state index contributed by atoms with van der Waals surface area (Å²) in [5, 5.41) is 12.6. The van der Waals surface area contributed by atoms with Crippen LogP contribution in [0.4, 0.5) is 5.69 Å². The van der Waals surface area contributed by atoms with Crippen molar-refractivity contribution < 1.29 is 23.7 Å². The summed E-state index contributed by atoms with van der Waals surface area (Å²) < 4.78 is 17.4. The van der Waals surface area contributed by atoms with Gasteiger partial charge in [0.2, 0.25) is 5.91 Å². The second-order valence-electron chi connectivity index (χ2n) is 7.20. The van der Waals surface area contributed by atoms with Crippen molar-refractivity contribution in [1.29, 1.82) is 5.26 Å². The van der Waals surface area contributed by atoms with Gasteiger partial charge in [0.25, 0.3) is 0 Å². The van der Waals surface area contributed by atoms with E-state index in [9.17, 15) is 14.6 Å². The molecule has 1 amide bonds. The number of benzene rings is 1. The number of carbonyl (C=O) groups is 1. The first-order valence-corrected chi connectivity index (χ1v) is 11.4. The molecule has 3 heterocycles. The minimum absolute atomic E-state index is 0.366. The summed E-state index contributed by atoms with van der Waals surface area (Å²) in [4.78, 5) is 38.5. The van der Waals surface area contributed by atoms with Crippen molar-refractivity contribution in [2.24, 2.45) is 0 Å². The minimum atomic E-state index is -4.70. The Labute approximate surface area is 194 Å². The van der Waals surface area contributed by atoms with Gasteiger partial charge < -0.3 is 19.7 Å². The molecule has 10 nitrogen and oxygen atoms in total. The molecule has 0 atom stereocenters. The molecule has 0 spiro atoms. The number of anilines is 1. The van der Waals surface area contributed by atoms with Crippen molar-refractivity contribution in [1.82, 2.24) is 14.5 Å².